The first-order valence-electron chi connectivity index (χ1n) is 7.72. The van der Waals surface area contributed by atoms with Gasteiger partial charge in [-0.2, -0.15) is 0 Å². The van der Waals surface area contributed by atoms with Gasteiger partial charge in [0.25, 0.3) is 0 Å². The van der Waals surface area contributed by atoms with Crippen LogP contribution in [0.5, 0.6) is 0 Å². The molecule has 0 aliphatic heterocycles. The van der Waals surface area contributed by atoms with E-state index in [2.05, 4.69) is 41.0 Å². The van der Waals surface area contributed by atoms with Gasteiger partial charge in [0.05, 0.1) is 0 Å². The highest BCUT2D eigenvalue weighted by molar-refractivity contribution is 7.99. The van der Waals surface area contributed by atoms with Crippen LogP contribution in [0.25, 0.3) is 0 Å². The fourth-order valence-electron chi connectivity index (χ4n) is 2.38. The standard InChI is InChI=1S/C17H24N2S2/c20-17(18-12-11-15-7-3-1-4-8-15)19-13-14-21-16-9-5-2-6-10-16/h2,5-7,9-10H,1,3-4,8,11-14H2,(H2,18,19,20). The Morgan fingerprint density at radius 1 is 1.10 bits per heavy atom. The highest BCUT2D eigenvalue weighted by Crippen LogP contribution is 2.19. The molecule has 0 unspecified atom stereocenters. The van der Waals surface area contributed by atoms with Crippen LogP contribution in [0.4, 0.5) is 0 Å². The molecular formula is C17H24N2S2. The molecule has 0 fully saturated rings. The van der Waals surface area contributed by atoms with E-state index in [-0.39, 0.29) is 0 Å². The van der Waals surface area contributed by atoms with Crippen LogP contribution in [-0.2, 0) is 0 Å². The van der Waals surface area contributed by atoms with Crippen LogP contribution >= 0.6 is 24.0 Å². The van der Waals surface area contributed by atoms with Gasteiger partial charge in [-0.15, -0.1) is 11.8 Å². The van der Waals surface area contributed by atoms with Crippen LogP contribution in [0.3, 0.4) is 0 Å². The summed E-state index contributed by atoms with van der Waals surface area (Å²) in [6.07, 6.45) is 8.77. The van der Waals surface area contributed by atoms with Crippen molar-refractivity contribution in [2.75, 3.05) is 18.8 Å². The topological polar surface area (TPSA) is 24.1 Å². The van der Waals surface area contributed by atoms with Gasteiger partial charge in [0, 0.05) is 23.7 Å². The molecular weight excluding hydrogens is 296 g/mol. The molecule has 0 bridgehead atoms. The van der Waals surface area contributed by atoms with Crippen molar-refractivity contribution in [1.29, 1.82) is 0 Å². The fourth-order valence-corrected chi connectivity index (χ4v) is 3.37. The van der Waals surface area contributed by atoms with E-state index in [1.54, 1.807) is 5.57 Å². The number of hydrogen-bond acceptors (Lipinski definition) is 2. The molecule has 0 atom stereocenters. The number of allylic oxidation sites excluding steroid dienone is 1. The Kier molecular flexibility index (Phi) is 7.68. The summed E-state index contributed by atoms with van der Waals surface area (Å²) in [6.45, 7) is 1.84. The molecule has 0 saturated carbocycles. The average molecular weight is 321 g/mol. The summed E-state index contributed by atoms with van der Waals surface area (Å²) in [5.41, 5.74) is 1.59. The predicted molar refractivity (Wildman–Crippen MR) is 96.9 cm³/mol. The zero-order valence-electron chi connectivity index (χ0n) is 12.4. The maximum absolute atomic E-state index is 5.30. The highest BCUT2D eigenvalue weighted by atomic mass is 32.2. The monoisotopic (exact) mass is 320 g/mol. The maximum atomic E-state index is 5.30. The second-order valence-electron chi connectivity index (χ2n) is 5.20. The summed E-state index contributed by atoms with van der Waals surface area (Å²) in [5, 5.41) is 7.35. The number of benzene rings is 1. The van der Waals surface area contributed by atoms with Gasteiger partial charge in [-0.05, 0) is 56.5 Å². The predicted octanol–water partition coefficient (Wildman–Crippen LogP) is 4.13. The van der Waals surface area contributed by atoms with Crippen molar-refractivity contribution < 1.29 is 0 Å². The number of thioether (sulfide) groups is 1. The van der Waals surface area contributed by atoms with E-state index < -0.39 is 0 Å². The second kappa shape index (κ2) is 9.85. The largest absolute Gasteiger partial charge is 0.362 e. The molecule has 1 aromatic carbocycles. The smallest absolute Gasteiger partial charge is 0.166 e. The number of rotatable bonds is 7. The van der Waals surface area contributed by atoms with E-state index in [0.717, 1.165) is 30.4 Å². The molecule has 0 heterocycles. The summed E-state index contributed by atoms with van der Waals surface area (Å²) in [6, 6.07) is 10.5. The van der Waals surface area contributed by atoms with Gasteiger partial charge >= 0.3 is 0 Å². The van der Waals surface area contributed by atoms with Crippen LogP contribution in [0.1, 0.15) is 32.1 Å². The maximum Gasteiger partial charge on any atom is 0.166 e. The van der Waals surface area contributed by atoms with E-state index in [9.17, 15) is 0 Å². The quantitative estimate of drug-likeness (QED) is 0.341. The third kappa shape index (κ3) is 7.00. The zero-order chi connectivity index (χ0) is 14.8. The van der Waals surface area contributed by atoms with E-state index in [1.165, 1.54) is 30.6 Å². The Hall–Kier alpha value is -1.00. The first-order valence-corrected chi connectivity index (χ1v) is 9.11. The molecule has 21 heavy (non-hydrogen) atoms. The molecule has 0 radical (unpaired) electrons. The molecule has 1 aromatic rings. The summed E-state index contributed by atoms with van der Waals surface area (Å²) in [5.74, 6) is 1.02. The van der Waals surface area contributed by atoms with Crippen LogP contribution < -0.4 is 10.6 Å². The summed E-state index contributed by atoms with van der Waals surface area (Å²) < 4.78 is 0. The Bertz CT molecular complexity index is 457. The first kappa shape index (κ1) is 16.4. The van der Waals surface area contributed by atoms with Crippen molar-refractivity contribution >= 4 is 29.1 Å². The van der Waals surface area contributed by atoms with Gasteiger partial charge in [0.2, 0.25) is 0 Å². The van der Waals surface area contributed by atoms with Crippen LogP contribution in [0.15, 0.2) is 46.9 Å². The van der Waals surface area contributed by atoms with Crippen molar-refractivity contribution in [1.82, 2.24) is 10.6 Å². The Morgan fingerprint density at radius 2 is 1.90 bits per heavy atom. The van der Waals surface area contributed by atoms with Crippen LogP contribution in [0, 0.1) is 0 Å². The molecule has 1 aliphatic rings. The molecule has 114 valence electrons. The molecule has 0 amide bonds. The summed E-state index contributed by atoms with van der Waals surface area (Å²) in [4.78, 5) is 1.31. The van der Waals surface area contributed by atoms with Crippen molar-refractivity contribution in [3.63, 3.8) is 0 Å². The molecule has 2 N–H and O–H groups in total. The van der Waals surface area contributed by atoms with Gasteiger partial charge in [-0.1, -0.05) is 29.8 Å². The highest BCUT2D eigenvalue weighted by Gasteiger charge is 2.03. The second-order valence-corrected chi connectivity index (χ2v) is 6.78. The normalized spacial score (nSPS) is 14.4. The third-order valence-electron chi connectivity index (χ3n) is 3.52. The minimum Gasteiger partial charge on any atom is -0.362 e. The Labute approximate surface area is 137 Å². The van der Waals surface area contributed by atoms with Crippen molar-refractivity contribution in [2.45, 2.75) is 37.0 Å². The number of thiocarbonyl (C=S) groups is 1. The van der Waals surface area contributed by atoms with E-state index in [0.29, 0.717) is 0 Å². The molecule has 1 aliphatic carbocycles. The Morgan fingerprint density at radius 3 is 2.67 bits per heavy atom. The van der Waals surface area contributed by atoms with Crippen molar-refractivity contribution in [2.24, 2.45) is 0 Å². The summed E-state index contributed by atoms with van der Waals surface area (Å²) >= 11 is 7.15. The van der Waals surface area contributed by atoms with Gasteiger partial charge in [0.15, 0.2) is 5.11 Å². The van der Waals surface area contributed by atoms with E-state index in [1.807, 2.05) is 17.8 Å². The fraction of sp³-hybridized carbons (Fsp3) is 0.471. The van der Waals surface area contributed by atoms with Gasteiger partial charge in [0.1, 0.15) is 0 Å². The molecule has 0 saturated heterocycles. The lowest BCUT2D eigenvalue weighted by Gasteiger charge is -2.14. The number of nitrogens with one attached hydrogen (secondary N) is 2. The van der Waals surface area contributed by atoms with Gasteiger partial charge in [-0.25, -0.2) is 0 Å². The molecule has 2 nitrogen and oxygen atoms in total. The zero-order valence-corrected chi connectivity index (χ0v) is 14.1. The van der Waals surface area contributed by atoms with Crippen LogP contribution in [0.2, 0.25) is 0 Å². The number of hydrogen-bond donors (Lipinski definition) is 2. The average Bonchev–Trinajstić information content (AvgIpc) is 2.54. The SMILES string of the molecule is S=C(NCCSc1ccccc1)NCCC1=CCCCC1. The summed E-state index contributed by atoms with van der Waals surface area (Å²) in [7, 11) is 0. The molecule has 0 spiro atoms. The minimum absolute atomic E-state index is 0.778. The van der Waals surface area contributed by atoms with Gasteiger partial charge in [-0.3, -0.25) is 0 Å². The molecule has 2 rings (SSSR count). The lowest BCUT2D eigenvalue weighted by molar-refractivity contribution is 0.667. The van der Waals surface area contributed by atoms with E-state index >= 15 is 0 Å². The first-order chi connectivity index (χ1) is 10.3. The molecule has 0 aromatic heterocycles. The van der Waals surface area contributed by atoms with Gasteiger partial charge < -0.3 is 10.6 Å². The Balaban J connectivity index is 1.50. The lowest BCUT2D eigenvalue weighted by atomic mass is 9.97. The lowest BCUT2D eigenvalue weighted by Crippen LogP contribution is -2.37. The third-order valence-corrected chi connectivity index (χ3v) is 4.82. The van der Waals surface area contributed by atoms with Crippen molar-refractivity contribution in [3.05, 3.63) is 42.0 Å². The minimum atomic E-state index is 0.778. The van der Waals surface area contributed by atoms with E-state index in [4.69, 9.17) is 12.2 Å². The molecule has 4 heteroatoms. The van der Waals surface area contributed by atoms with Crippen LogP contribution in [-0.4, -0.2) is 24.0 Å². The van der Waals surface area contributed by atoms with Crippen molar-refractivity contribution in [3.8, 4) is 0 Å².